The maximum atomic E-state index is 5.72. The molecule has 0 aliphatic carbocycles. The minimum atomic E-state index is 0.828. The van der Waals surface area contributed by atoms with Gasteiger partial charge in [0.2, 0.25) is 0 Å². The van der Waals surface area contributed by atoms with Crippen molar-refractivity contribution < 1.29 is 0 Å². The van der Waals surface area contributed by atoms with Crippen molar-refractivity contribution in [3.05, 3.63) is 34.9 Å². The molecule has 0 bridgehead atoms. The molecule has 0 heterocycles. The van der Waals surface area contributed by atoms with Crippen LogP contribution in [0, 0.1) is 0 Å². The predicted octanol–water partition coefficient (Wildman–Crippen LogP) is 4.32. The van der Waals surface area contributed by atoms with Gasteiger partial charge in [0.25, 0.3) is 0 Å². The monoisotopic (exact) mass is 184 g/mol. The third kappa shape index (κ3) is 5.20. The third-order valence-corrected chi connectivity index (χ3v) is 1.53. The van der Waals surface area contributed by atoms with Gasteiger partial charge in [-0.25, -0.2) is 0 Å². The number of rotatable bonds is 1. The molecule has 1 heteroatoms. The summed E-state index contributed by atoms with van der Waals surface area (Å²) in [5.74, 6) is 0. The standard InChI is InChI=1S/C8H9Cl.C3H8/c1-2-7-4-3-5-8(9)6-7;1-3-2/h3-6H,2H2,1H3;3H2,1-2H3. The highest BCUT2D eigenvalue weighted by Crippen LogP contribution is 2.10. The van der Waals surface area contributed by atoms with Crippen LogP contribution in [0.5, 0.6) is 0 Å². The van der Waals surface area contributed by atoms with Crippen molar-refractivity contribution in [2.24, 2.45) is 0 Å². The van der Waals surface area contributed by atoms with Crippen LogP contribution < -0.4 is 0 Å². The first kappa shape index (κ1) is 11.5. The SMILES string of the molecule is CCC.CCc1cccc(Cl)c1. The van der Waals surface area contributed by atoms with Crippen LogP contribution in [0.15, 0.2) is 24.3 Å². The van der Waals surface area contributed by atoms with E-state index in [-0.39, 0.29) is 0 Å². The molecule has 12 heavy (non-hydrogen) atoms. The summed E-state index contributed by atoms with van der Waals surface area (Å²) in [6.07, 6.45) is 2.31. The Bertz CT molecular complexity index is 206. The van der Waals surface area contributed by atoms with Crippen molar-refractivity contribution in [1.82, 2.24) is 0 Å². The molecule has 0 nitrogen and oxygen atoms in total. The molecule has 0 amide bonds. The Kier molecular flexibility index (Phi) is 6.88. The van der Waals surface area contributed by atoms with Gasteiger partial charge < -0.3 is 0 Å². The van der Waals surface area contributed by atoms with Crippen LogP contribution >= 0.6 is 11.6 Å². The van der Waals surface area contributed by atoms with Crippen LogP contribution in [0.2, 0.25) is 5.02 Å². The second-order valence-electron chi connectivity index (χ2n) is 2.69. The lowest BCUT2D eigenvalue weighted by Crippen LogP contribution is -1.76. The molecule has 1 aromatic carbocycles. The van der Waals surface area contributed by atoms with Crippen molar-refractivity contribution >= 4 is 11.6 Å². The van der Waals surface area contributed by atoms with E-state index < -0.39 is 0 Å². The molecule has 1 rings (SSSR count). The number of hydrogen-bond donors (Lipinski definition) is 0. The van der Waals surface area contributed by atoms with E-state index in [2.05, 4.69) is 26.8 Å². The van der Waals surface area contributed by atoms with Crippen molar-refractivity contribution in [2.45, 2.75) is 33.6 Å². The Morgan fingerprint density at radius 3 is 2.08 bits per heavy atom. The van der Waals surface area contributed by atoms with Gasteiger partial charge in [-0.1, -0.05) is 50.9 Å². The molecule has 0 unspecified atom stereocenters. The number of aryl methyl sites for hydroxylation is 1. The Hall–Kier alpha value is -0.490. The number of halogens is 1. The highest BCUT2D eigenvalue weighted by Gasteiger charge is 1.87. The first-order valence-corrected chi connectivity index (χ1v) is 4.86. The van der Waals surface area contributed by atoms with E-state index in [4.69, 9.17) is 11.6 Å². The minimum absolute atomic E-state index is 0.828. The minimum Gasteiger partial charge on any atom is -0.0843 e. The van der Waals surface area contributed by atoms with Crippen molar-refractivity contribution in [2.75, 3.05) is 0 Å². The van der Waals surface area contributed by atoms with Gasteiger partial charge in [0.1, 0.15) is 0 Å². The Morgan fingerprint density at radius 1 is 1.17 bits per heavy atom. The largest absolute Gasteiger partial charge is 0.0843 e. The molecule has 0 aromatic heterocycles. The fraction of sp³-hybridized carbons (Fsp3) is 0.455. The van der Waals surface area contributed by atoms with Gasteiger partial charge in [0.15, 0.2) is 0 Å². The molecule has 0 aliphatic rings. The lowest BCUT2D eigenvalue weighted by Gasteiger charge is -1.93. The fourth-order valence-electron chi connectivity index (χ4n) is 0.757. The third-order valence-electron chi connectivity index (χ3n) is 1.30. The van der Waals surface area contributed by atoms with Gasteiger partial charge in [-0.15, -0.1) is 0 Å². The molecule has 0 N–H and O–H groups in total. The summed E-state index contributed by atoms with van der Waals surface area (Å²) in [7, 11) is 0. The molecule has 1 aromatic rings. The summed E-state index contributed by atoms with van der Waals surface area (Å²) < 4.78 is 0. The van der Waals surface area contributed by atoms with Crippen LogP contribution in [0.3, 0.4) is 0 Å². The Balaban J connectivity index is 0.000000354. The summed E-state index contributed by atoms with van der Waals surface area (Å²) in [6.45, 7) is 6.37. The van der Waals surface area contributed by atoms with Crippen LogP contribution in [-0.2, 0) is 6.42 Å². The summed E-state index contributed by atoms with van der Waals surface area (Å²) >= 11 is 5.72. The molecule has 0 saturated carbocycles. The van der Waals surface area contributed by atoms with Crippen LogP contribution in [0.25, 0.3) is 0 Å². The smallest absolute Gasteiger partial charge is 0.0408 e. The normalized spacial score (nSPS) is 8.67. The lowest BCUT2D eigenvalue weighted by molar-refractivity contribution is 1.09. The molecule has 0 spiro atoms. The maximum Gasteiger partial charge on any atom is 0.0408 e. The molecule has 0 saturated heterocycles. The van der Waals surface area contributed by atoms with E-state index >= 15 is 0 Å². The zero-order chi connectivity index (χ0) is 9.40. The van der Waals surface area contributed by atoms with Gasteiger partial charge >= 0.3 is 0 Å². The zero-order valence-electron chi connectivity index (χ0n) is 8.10. The number of benzene rings is 1. The van der Waals surface area contributed by atoms with Gasteiger partial charge in [-0.2, -0.15) is 0 Å². The van der Waals surface area contributed by atoms with Crippen molar-refractivity contribution in [3.63, 3.8) is 0 Å². The lowest BCUT2D eigenvalue weighted by atomic mass is 10.2. The second-order valence-corrected chi connectivity index (χ2v) is 3.13. The van der Waals surface area contributed by atoms with Crippen molar-refractivity contribution in [3.8, 4) is 0 Å². The van der Waals surface area contributed by atoms with E-state index in [1.165, 1.54) is 12.0 Å². The summed E-state index contributed by atoms with van der Waals surface area (Å²) in [5, 5.41) is 0.828. The molecule has 0 atom stereocenters. The van der Waals surface area contributed by atoms with Crippen molar-refractivity contribution in [1.29, 1.82) is 0 Å². The summed E-state index contributed by atoms with van der Waals surface area (Å²) in [4.78, 5) is 0. The maximum absolute atomic E-state index is 5.72. The highest BCUT2D eigenvalue weighted by atomic mass is 35.5. The van der Waals surface area contributed by atoms with E-state index in [1.54, 1.807) is 0 Å². The van der Waals surface area contributed by atoms with E-state index in [0.29, 0.717) is 0 Å². The molecule has 0 aliphatic heterocycles. The first-order chi connectivity index (χ1) is 5.74. The van der Waals surface area contributed by atoms with Crippen LogP contribution in [-0.4, -0.2) is 0 Å². The highest BCUT2D eigenvalue weighted by molar-refractivity contribution is 6.30. The first-order valence-electron chi connectivity index (χ1n) is 4.49. The average Bonchev–Trinajstić information content (AvgIpc) is 2.06. The van der Waals surface area contributed by atoms with E-state index in [1.807, 2.05) is 18.2 Å². The zero-order valence-corrected chi connectivity index (χ0v) is 8.86. The molecular weight excluding hydrogens is 168 g/mol. The topological polar surface area (TPSA) is 0 Å². The van der Waals surface area contributed by atoms with E-state index in [9.17, 15) is 0 Å². The summed E-state index contributed by atoms with van der Waals surface area (Å²) in [6, 6.07) is 7.93. The van der Waals surface area contributed by atoms with Crippen LogP contribution in [0.4, 0.5) is 0 Å². The van der Waals surface area contributed by atoms with Gasteiger partial charge in [-0.3, -0.25) is 0 Å². The predicted molar refractivity (Wildman–Crippen MR) is 56.8 cm³/mol. The summed E-state index contributed by atoms with van der Waals surface area (Å²) in [5.41, 5.74) is 1.29. The van der Waals surface area contributed by atoms with Crippen LogP contribution in [0.1, 0.15) is 32.8 Å². The molecule has 0 radical (unpaired) electrons. The Morgan fingerprint density at radius 2 is 1.75 bits per heavy atom. The quantitative estimate of drug-likeness (QED) is 0.610. The molecular formula is C11H17Cl. The van der Waals surface area contributed by atoms with Gasteiger partial charge in [-0.05, 0) is 24.1 Å². The average molecular weight is 185 g/mol. The fourth-order valence-corrected chi connectivity index (χ4v) is 0.970. The molecule has 68 valence electrons. The van der Waals surface area contributed by atoms with Gasteiger partial charge in [0, 0.05) is 5.02 Å². The number of hydrogen-bond acceptors (Lipinski definition) is 0. The molecule has 0 fully saturated rings. The van der Waals surface area contributed by atoms with Gasteiger partial charge in [0.05, 0.1) is 0 Å². The Labute approximate surface area is 80.6 Å². The van der Waals surface area contributed by atoms with E-state index in [0.717, 1.165) is 11.4 Å². The second kappa shape index (κ2) is 7.17.